The molecule has 0 heterocycles. The second kappa shape index (κ2) is 7.74. The van der Waals surface area contributed by atoms with Gasteiger partial charge in [0, 0.05) is 0 Å². The van der Waals surface area contributed by atoms with Gasteiger partial charge in [-0.3, -0.25) is 0 Å². The van der Waals surface area contributed by atoms with E-state index in [-0.39, 0.29) is 6.04 Å². The fourth-order valence-electron chi connectivity index (χ4n) is 1.04. The zero-order valence-electron chi connectivity index (χ0n) is 5.56. The third-order valence-corrected chi connectivity index (χ3v) is 1.66. The number of halogens is 2. The molecule has 1 saturated carbocycles. The number of hydrogen-bond acceptors (Lipinski definition) is 0. The Morgan fingerprint density at radius 3 is 2.00 bits per heavy atom. The second-order valence-corrected chi connectivity index (χ2v) is 18.9. The Morgan fingerprint density at radius 1 is 1.40 bits per heavy atom. The van der Waals surface area contributed by atoms with Crippen LogP contribution in [0.2, 0.25) is 0 Å². The Kier molecular flexibility index (Phi) is 9.37. The van der Waals surface area contributed by atoms with Crippen LogP contribution >= 0.6 is 38.7 Å². The van der Waals surface area contributed by atoms with Gasteiger partial charge >= 0.3 is 49.9 Å². The molecule has 0 aliphatic heterocycles. The molecule has 0 saturated heterocycles. The molecule has 1 fully saturated rings. The zero-order valence-corrected chi connectivity index (χ0v) is 12.1. The van der Waals surface area contributed by atoms with Crippen molar-refractivity contribution in [3.8, 4) is 0 Å². The van der Waals surface area contributed by atoms with Gasteiger partial charge < -0.3 is 12.7 Å². The van der Waals surface area contributed by atoms with Gasteiger partial charge in [0.05, 0.1) is 0 Å². The molecule has 64 valence electrons. The first kappa shape index (κ1) is 12.1. The average molecular weight is 546 g/mol. The van der Waals surface area contributed by atoms with Crippen LogP contribution in [0.25, 0.3) is 5.73 Å². The molecule has 0 radical (unpaired) electrons. The van der Waals surface area contributed by atoms with E-state index in [1.807, 2.05) is 0 Å². The van der Waals surface area contributed by atoms with Gasteiger partial charge in [-0.25, -0.2) is 0 Å². The zero-order chi connectivity index (χ0) is 7.98. The van der Waals surface area contributed by atoms with Crippen LogP contribution in [-0.2, 0) is 11.2 Å². The fourth-order valence-corrected chi connectivity index (χ4v) is 1.04. The first-order chi connectivity index (χ1) is 4.72. The summed E-state index contributed by atoms with van der Waals surface area (Å²) in [6, 6.07) is 0.153. The summed E-state index contributed by atoms with van der Waals surface area (Å²) in [6.45, 7) is 3.83. The van der Waals surface area contributed by atoms with E-state index >= 15 is 0 Å². The molecule has 1 rings (SSSR count). The molecule has 1 N–H and O–H groups in total. The molecule has 0 amide bonds. The Morgan fingerprint density at radius 2 is 1.90 bits per heavy atom. The molecule has 0 aromatic heterocycles. The Hall–Kier alpha value is 2.11. The van der Waals surface area contributed by atoms with Crippen LogP contribution in [0.4, 0.5) is 0 Å². The topological polar surface area (TPSA) is 23.8 Å². The van der Waals surface area contributed by atoms with E-state index in [9.17, 15) is 0 Å². The summed E-state index contributed by atoms with van der Waals surface area (Å²) >= 11 is 5.30. The van der Waals surface area contributed by atoms with E-state index in [1.165, 1.54) is 12.8 Å². The van der Waals surface area contributed by atoms with Crippen molar-refractivity contribution >= 4 is 38.7 Å². The molecule has 1 aliphatic rings. The fraction of sp³-hybridized carbons (Fsp3) is 0.833. The number of nitrogens with one attached hydrogen (secondary N) is 1. The van der Waals surface area contributed by atoms with E-state index < -0.39 is 0 Å². The quantitative estimate of drug-likeness (QED) is 0.327. The van der Waals surface area contributed by atoms with E-state index in [0.29, 0.717) is 17.1 Å². The summed E-state index contributed by atoms with van der Waals surface area (Å²) in [5, 5.41) is 0. The molecule has 2 unspecified atom stereocenters. The van der Waals surface area contributed by atoms with Gasteiger partial charge in [0.1, 0.15) is 0 Å². The Bertz CT molecular complexity index is 74.1. The minimum absolute atomic E-state index is 0.153. The molecule has 1 aliphatic carbocycles. The maximum atomic E-state index is 7.28. The minimum atomic E-state index is 0.153. The normalized spacial score (nSPS) is 31.6. The van der Waals surface area contributed by atoms with Crippen molar-refractivity contribution in [1.82, 2.24) is 0 Å². The molecule has 10 heavy (non-hydrogen) atoms. The molecule has 4 heteroatoms. The van der Waals surface area contributed by atoms with E-state index in [0.717, 1.165) is 6.42 Å². The van der Waals surface area contributed by atoms with Crippen molar-refractivity contribution in [2.75, 3.05) is 0 Å². The number of hydrogen-bond donors (Lipinski definition) is 0. The molecule has 0 aromatic carbocycles. The van der Waals surface area contributed by atoms with Crippen LogP contribution in [0.15, 0.2) is 0 Å². The number of rotatable bonds is 0. The van der Waals surface area contributed by atoms with Gasteiger partial charge in [0.2, 0.25) is 0 Å². The van der Waals surface area contributed by atoms with E-state index in [1.54, 1.807) is 0 Å². The van der Waals surface area contributed by atoms with Gasteiger partial charge in [0.15, 0.2) is 0 Å². The van der Waals surface area contributed by atoms with Crippen molar-refractivity contribution in [3.05, 3.63) is 12.7 Å². The Labute approximate surface area is 92.5 Å². The van der Waals surface area contributed by atoms with Crippen LogP contribution in [0.5, 0.6) is 0 Å². The predicted molar refractivity (Wildman–Crippen MR) is 58.8 cm³/mol. The predicted octanol–water partition coefficient (Wildman–Crippen LogP) is 3.81. The second-order valence-electron chi connectivity index (χ2n) is 2.34. The first-order valence-electron chi connectivity index (χ1n) is 3.09. The summed E-state index contributed by atoms with van der Waals surface area (Å²) < 4.78 is 0. The summed E-state index contributed by atoms with van der Waals surface area (Å²) in [5.74, 6) is 0.431. The molecule has 1 nitrogen and oxygen atoms in total. The average Bonchev–Trinajstić information content (AvgIpc) is 2.19. The first-order valence-corrected chi connectivity index (χ1v) is 16.0. The van der Waals surface area contributed by atoms with E-state index in [2.05, 4.69) is 45.6 Å². The van der Waals surface area contributed by atoms with Crippen molar-refractivity contribution in [2.45, 2.75) is 25.3 Å². The van der Waals surface area contributed by atoms with Crippen molar-refractivity contribution in [1.29, 1.82) is 0 Å². The van der Waals surface area contributed by atoms with Crippen molar-refractivity contribution in [2.24, 2.45) is 5.92 Å². The molecular formula is C6H11I2NPt. The van der Waals surface area contributed by atoms with Crippen molar-refractivity contribution in [3.63, 3.8) is 0 Å². The van der Waals surface area contributed by atoms with Crippen molar-refractivity contribution < 1.29 is 11.2 Å². The third kappa shape index (κ3) is 5.72. The van der Waals surface area contributed by atoms with E-state index in [4.69, 9.17) is 5.73 Å². The summed E-state index contributed by atoms with van der Waals surface area (Å²) in [7, 11) is 0. The Balaban J connectivity index is 0.000000236. The van der Waals surface area contributed by atoms with Gasteiger partial charge in [-0.1, -0.05) is 19.3 Å². The molecule has 0 bridgehead atoms. The van der Waals surface area contributed by atoms with Gasteiger partial charge in [-0.2, -0.15) is 12.0 Å². The van der Waals surface area contributed by atoms with Crippen LogP contribution < -0.4 is 0 Å². The van der Waals surface area contributed by atoms with Crippen LogP contribution in [0.1, 0.15) is 19.3 Å². The molecular weight excluding hydrogens is 535 g/mol. The standard InChI is InChI=1S/C6H11N.2HI.Pt/c1-5-3-2-4-6(5)7;;;/h5-7H,1-4H2;2*1H;/q-2;;;+4/p-2. The summed E-state index contributed by atoms with van der Waals surface area (Å²) in [4.78, 5) is 0. The molecule has 2 atom stereocenters. The van der Waals surface area contributed by atoms with Crippen LogP contribution in [0, 0.1) is 12.8 Å². The van der Waals surface area contributed by atoms with Gasteiger partial charge in [-0.15, -0.1) is 0 Å². The monoisotopic (exact) mass is 546 g/mol. The van der Waals surface area contributed by atoms with Gasteiger partial charge in [0.25, 0.3) is 0 Å². The van der Waals surface area contributed by atoms with Crippen LogP contribution in [0.3, 0.4) is 0 Å². The summed E-state index contributed by atoms with van der Waals surface area (Å²) in [5.41, 5.74) is 7.28. The van der Waals surface area contributed by atoms with Gasteiger partial charge in [-0.05, 0) is 0 Å². The maximum absolute atomic E-state index is 7.28. The third-order valence-electron chi connectivity index (χ3n) is 1.66. The van der Waals surface area contributed by atoms with Crippen LogP contribution in [-0.4, -0.2) is 6.04 Å². The SMILES string of the molecule is [CH2-]C1CCCC1[NH-].[I][Pt+2][I]. The summed E-state index contributed by atoms with van der Waals surface area (Å²) in [6.07, 6.45) is 3.48. The molecule has 0 aromatic rings. The molecule has 0 spiro atoms.